The van der Waals surface area contributed by atoms with Crippen LogP contribution in [0.15, 0.2) is 41.5 Å². The summed E-state index contributed by atoms with van der Waals surface area (Å²) < 4.78 is 0. The molecule has 0 heterocycles. The lowest BCUT2D eigenvalue weighted by Gasteiger charge is -2.21. The molecule has 1 aliphatic carbocycles. The van der Waals surface area contributed by atoms with Crippen molar-refractivity contribution in [2.24, 2.45) is 10.9 Å². The van der Waals surface area contributed by atoms with Crippen molar-refractivity contribution >= 4 is 17.1 Å². The Morgan fingerprint density at radius 3 is 1.40 bits per heavy atom. The Morgan fingerprint density at radius 1 is 0.680 bits per heavy atom. The van der Waals surface area contributed by atoms with E-state index in [9.17, 15) is 0 Å². The zero-order chi connectivity index (χ0) is 18.0. The quantitative estimate of drug-likeness (QED) is 0.545. The molecule has 0 saturated heterocycles. The number of hydrogen-bond donors (Lipinski definition) is 1. The van der Waals surface area contributed by atoms with Gasteiger partial charge in [0, 0.05) is 48.7 Å². The van der Waals surface area contributed by atoms with E-state index >= 15 is 0 Å². The SMILES string of the molecule is CCN(CC)c1ccc2c(c1)C(=NN)c1cc(N(CC)CC)ccc1-2. The second-order valence-electron chi connectivity index (χ2n) is 6.28. The summed E-state index contributed by atoms with van der Waals surface area (Å²) >= 11 is 0. The van der Waals surface area contributed by atoms with Crippen molar-refractivity contribution in [3.05, 3.63) is 47.5 Å². The van der Waals surface area contributed by atoms with E-state index in [-0.39, 0.29) is 0 Å². The standard InChI is InChI=1S/C21H28N4/c1-5-24(6-2)15-9-11-17-18-12-10-16(25(7-3)8-4)14-20(18)21(23-22)19(17)13-15/h9-14H,5-8,22H2,1-4H3. The van der Waals surface area contributed by atoms with Crippen molar-refractivity contribution in [1.29, 1.82) is 0 Å². The molecule has 4 nitrogen and oxygen atoms in total. The highest BCUT2D eigenvalue weighted by molar-refractivity contribution is 6.25. The molecular formula is C21H28N4. The van der Waals surface area contributed by atoms with Gasteiger partial charge in [0.2, 0.25) is 0 Å². The van der Waals surface area contributed by atoms with Crippen molar-refractivity contribution < 1.29 is 0 Å². The van der Waals surface area contributed by atoms with Crippen molar-refractivity contribution in [2.45, 2.75) is 27.7 Å². The molecule has 0 bridgehead atoms. The Bertz CT molecular complexity index is 723. The molecule has 0 aliphatic heterocycles. The van der Waals surface area contributed by atoms with Gasteiger partial charge >= 0.3 is 0 Å². The van der Waals surface area contributed by atoms with E-state index in [1.54, 1.807) is 0 Å². The summed E-state index contributed by atoms with van der Waals surface area (Å²) in [5.41, 5.74) is 8.07. The van der Waals surface area contributed by atoms with Crippen LogP contribution < -0.4 is 15.6 Å². The monoisotopic (exact) mass is 336 g/mol. The Morgan fingerprint density at radius 2 is 1.08 bits per heavy atom. The van der Waals surface area contributed by atoms with Gasteiger partial charge in [-0.25, -0.2) is 0 Å². The van der Waals surface area contributed by atoms with Crippen molar-refractivity contribution in [3.63, 3.8) is 0 Å². The van der Waals surface area contributed by atoms with Gasteiger partial charge in [0.1, 0.15) is 0 Å². The molecule has 0 aromatic heterocycles. The largest absolute Gasteiger partial charge is 0.372 e. The van der Waals surface area contributed by atoms with Gasteiger partial charge in [-0.3, -0.25) is 0 Å². The van der Waals surface area contributed by atoms with E-state index in [0.29, 0.717) is 0 Å². The predicted molar refractivity (Wildman–Crippen MR) is 109 cm³/mol. The topological polar surface area (TPSA) is 44.9 Å². The number of rotatable bonds is 6. The summed E-state index contributed by atoms with van der Waals surface area (Å²) in [5, 5.41) is 4.15. The number of benzene rings is 2. The van der Waals surface area contributed by atoms with E-state index in [1.807, 2.05) is 0 Å². The van der Waals surface area contributed by atoms with Gasteiger partial charge in [-0.1, -0.05) is 12.1 Å². The number of hydrogen-bond acceptors (Lipinski definition) is 4. The van der Waals surface area contributed by atoms with Crippen molar-refractivity contribution in [3.8, 4) is 11.1 Å². The van der Waals surface area contributed by atoms with Gasteiger partial charge in [0.05, 0.1) is 5.71 Å². The van der Waals surface area contributed by atoms with Crippen LogP contribution in [0.1, 0.15) is 38.8 Å². The van der Waals surface area contributed by atoms with Crippen LogP contribution in [0.4, 0.5) is 11.4 Å². The second kappa shape index (κ2) is 7.18. The average Bonchev–Trinajstić information content (AvgIpc) is 2.96. The lowest BCUT2D eigenvalue weighted by Crippen LogP contribution is -2.22. The number of nitrogens with zero attached hydrogens (tertiary/aromatic N) is 3. The zero-order valence-corrected chi connectivity index (χ0v) is 15.7. The fraction of sp³-hybridized carbons (Fsp3) is 0.381. The molecule has 0 spiro atoms. The fourth-order valence-corrected chi connectivity index (χ4v) is 3.78. The highest BCUT2D eigenvalue weighted by Crippen LogP contribution is 2.40. The molecular weight excluding hydrogens is 308 g/mol. The minimum absolute atomic E-state index is 0.896. The van der Waals surface area contributed by atoms with Gasteiger partial charge in [0.25, 0.3) is 0 Å². The maximum atomic E-state index is 5.81. The number of nitrogens with two attached hydrogens (primary N) is 1. The van der Waals surface area contributed by atoms with Crippen molar-refractivity contribution in [1.82, 2.24) is 0 Å². The lowest BCUT2D eigenvalue weighted by atomic mass is 10.0. The lowest BCUT2D eigenvalue weighted by molar-refractivity contribution is 0.866. The number of fused-ring (bicyclic) bond motifs is 3. The van der Waals surface area contributed by atoms with Crippen LogP contribution in [-0.2, 0) is 0 Å². The molecule has 0 fully saturated rings. The highest BCUT2D eigenvalue weighted by Gasteiger charge is 2.26. The van der Waals surface area contributed by atoms with E-state index in [0.717, 1.165) is 43.0 Å². The second-order valence-corrected chi connectivity index (χ2v) is 6.28. The third-order valence-corrected chi connectivity index (χ3v) is 5.19. The third kappa shape index (κ3) is 2.86. The van der Waals surface area contributed by atoms with Gasteiger partial charge in [-0.15, -0.1) is 0 Å². The predicted octanol–water partition coefficient (Wildman–Crippen LogP) is 4.07. The molecule has 0 radical (unpaired) electrons. The number of hydrazone groups is 1. The third-order valence-electron chi connectivity index (χ3n) is 5.19. The van der Waals surface area contributed by atoms with E-state index in [4.69, 9.17) is 5.84 Å². The van der Waals surface area contributed by atoms with Gasteiger partial charge in [0.15, 0.2) is 0 Å². The summed E-state index contributed by atoms with van der Waals surface area (Å²) in [4.78, 5) is 4.69. The molecule has 1 aliphatic rings. The van der Waals surface area contributed by atoms with E-state index < -0.39 is 0 Å². The molecule has 0 unspecified atom stereocenters. The maximum Gasteiger partial charge on any atom is 0.0985 e. The summed E-state index contributed by atoms with van der Waals surface area (Å²) in [6, 6.07) is 13.3. The van der Waals surface area contributed by atoms with E-state index in [2.05, 4.69) is 79.0 Å². The van der Waals surface area contributed by atoms with Gasteiger partial charge < -0.3 is 15.6 Å². The fourth-order valence-electron chi connectivity index (χ4n) is 3.78. The Balaban J connectivity index is 2.10. The summed E-state index contributed by atoms with van der Waals surface area (Å²) in [7, 11) is 0. The summed E-state index contributed by atoms with van der Waals surface area (Å²) in [5.74, 6) is 5.81. The molecule has 2 N–H and O–H groups in total. The molecule has 0 atom stereocenters. The van der Waals surface area contributed by atoms with Crippen LogP contribution in [0.25, 0.3) is 11.1 Å². The first-order valence-corrected chi connectivity index (χ1v) is 9.25. The van der Waals surface area contributed by atoms with Crippen LogP contribution in [0.5, 0.6) is 0 Å². The first-order valence-electron chi connectivity index (χ1n) is 9.25. The minimum Gasteiger partial charge on any atom is -0.372 e. The van der Waals surface area contributed by atoms with Crippen LogP contribution >= 0.6 is 0 Å². The zero-order valence-electron chi connectivity index (χ0n) is 15.7. The molecule has 3 rings (SSSR count). The van der Waals surface area contributed by atoms with Crippen LogP contribution in [0.3, 0.4) is 0 Å². The molecule has 2 aromatic carbocycles. The molecule has 4 heteroatoms. The molecule has 2 aromatic rings. The molecule has 0 amide bonds. The highest BCUT2D eigenvalue weighted by atomic mass is 15.1. The summed E-state index contributed by atoms with van der Waals surface area (Å²) in [6.07, 6.45) is 0. The van der Waals surface area contributed by atoms with Crippen LogP contribution in [0, 0.1) is 0 Å². The van der Waals surface area contributed by atoms with Crippen LogP contribution in [-0.4, -0.2) is 31.9 Å². The van der Waals surface area contributed by atoms with Crippen molar-refractivity contribution in [2.75, 3.05) is 36.0 Å². The molecule has 25 heavy (non-hydrogen) atoms. The summed E-state index contributed by atoms with van der Waals surface area (Å²) in [6.45, 7) is 12.7. The first kappa shape index (κ1) is 17.3. The van der Waals surface area contributed by atoms with Crippen LogP contribution in [0.2, 0.25) is 0 Å². The first-order chi connectivity index (χ1) is 12.2. The van der Waals surface area contributed by atoms with E-state index in [1.165, 1.54) is 22.5 Å². The normalized spacial score (nSPS) is 11.9. The maximum absolute atomic E-state index is 5.81. The smallest absolute Gasteiger partial charge is 0.0985 e. The Hall–Kier alpha value is -2.49. The molecule has 0 saturated carbocycles. The minimum atomic E-state index is 0.896. The molecule has 132 valence electrons. The average molecular weight is 336 g/mol. The Labute approximate surface area is 150 Å². The number of anilines is 2. The van der Waals surface area contributed by atoms with Gasteiger partial charge in [-0.2, -0.15) is 5.10 Å². The van der Waals surface area contributed by atoms with Gasteiger partial charge in [-0.05, 0) is 63.1 Å². The Kier molecular flexibility index (Phi) is 4.98.